The number of aliphatic hydroxyl groups is 1. The second kappa shape index (κ2) is 5.69. The predicted octanol–water partition coefficient (Wildman–Crippen LogP) is 1.39. The van der Waals surface area contributed by atoms with Crippen molar-refractivity contribution < 1.29 is 15.0 Å². The van der Waals surface area contributed by atoms with Crippen molar-refractivity contribution in [2.75, 3.05) is 13.2 Å². The van der Waals surface area contributed by atoms with E-state index in [4.69, 9.17) is 10.2 Å². The maximum atomic E-state index is 11.9. The van der Waals surface area contributed by atoms with Crippen LogP contribution in [0.25, 0.3) is 6.08 Å². The number of carbonyl (C=O) groups excluding carboxylic acids is 1. The van der Waals surface area contributed by atoms with Gasteiger partial charge in [-0.3, -0.25) is 4.79 Å². The molecule has 0 bridgehead atoms. The van der Waals surface area contributed by atoms with Gasteiger partial charge in [-0.15, -0.1) is 0 Å². The molecule has 1 aliphatic heterocycles. The lowest BCUT2D eigenvalue weighted by molar-refractivity contribution is -0.127. The number of rotatable bonds is 3. The van der Waals surface area contributed by atoms with Gasteiger partial charge in [0, 0.05) is 12.6 Å². The Hall–Kier alpha value is -1.81. The van der Waals surface area contributed by atoms with Gasteiger partial charge in [0.25, 0.3) is 0 Å². The lowest BCUT2D eigenvalue weighted by Gasteiger charge is -2.21. The van der Waals surface area contributed by atoms with Crippen molar-refractivity contribution in [2.45, 2.75) is 18.9 Å². The Morgan fingerprint density at radius 2 is 2.11 bits per heavy atom. The average Bonchev–Trinajstić information content (AvgIpc) is 2.86. The number of phenols is 1. The summed E-state index contributed by atoms with van der Waals surface area (Å²) in [5.41, 5.74) is 0.862. The van der Waals surface area contributed by atoms with Crippen molar-refractivity contribution in [1.82, 2.24) is 4.90 Å². The SMILES string of the molecule is O=C(C=Cc1ccc(O)cc1)N1CCC[C@@H]1CO. The van der Waals surface area contributed by atoms with Crippen LogP contribution in [-0.2, 0) is 4.79 Å². The molecular formula is C14H17NO3. The smallest absolute Gasteiger partial charge is 0.246 e. The maximum absolute atomic E-state index is 11.9. The molecule has 0 aromatic heterocycles. The van der Waals surface area contributed by atoms with E-state index < -0.39 is 0 Å². The second-order valence-corrected chi connectivity index (χ2v) is 4.44. The fourth-order valence-electron chi connectivity index (χ4n) is 2.16. The van der Waals surface area contributed by atoms with Gasteiger partial charge in [0.2, 0.25) is 5.91 Å². The van der Waals surface area contributed by atoms with Crippen molar-refractivity contribution in [3.8, 4) is 5.75 Å². The molecule has 18 heavy (non-hydrogen) atoms. The van der Waals surface area contributed by atoms with Gasteiger partial charge in [0.05, 0.1) is 12.6 Å². The van der Waals surface area contributed by atoms with Crippen LogP contribution in [0.15, 0.2) is 30.3 Å². The van der Waals surface area contributed by atoms with Gasteiger partial charge < -0.3 is 15.1 Å². The molecule has 4 nitrogen and oxygen atoms in total. The van der Waals surface area contributed by atoms with E-state index in [1.807, 2.05) is 0 Å². The highest BCUT2D eigenvalue weighted by molar-refractivity contribution is 5.92. The average molecular weight is 247 g/mol. The van der Waals surface area contributed by atoms with Gasteiger partial charge in [-0.25, -0.2) is 0 Å². The number of aromatic hydroxyl groups is 1. The summed E-state index contributed by atoms with van der Waals surface area (Å²) in [5.74, 6) is 0.137. The molecule has 1 fully saturated rings. The Labute approximate surface area is 106 Å². The number of carbonyl (C=O) groups is 1. The highest BCUT2D eigenvalue weighted by atomic mass is 16.3. The van der Waals surface area contributed by atoms with Gasteiger partial charge >= 0.3 is 0 Å². The summed E-state index contributed by atoms with van der Waals surface area (Å²) in [6.07, 6.45) is 5.05. The number of hydrogen-bond donors (Lipinski definition) is 2. The number of aliphatic hydroxyl groups excluding tert-OH is 1. The van der Waals surface area contributed by atoms with Crippen LogP contribution in [0.2, 0.25) is 0 Å². The van der Waals surface area contributed by atoms with Crippen LogP contribution in [0.4, 0.5) is 0 Å². The topological polar surface area (TPSA) is 60.8 Å². The van der Waals surface area contributed by atoms with Gasteiger partial charge in [0.1, 0.15) is 5.75 Å². The van der Waals surface area contributed by atoms with Gasteiger partial charge in [-0.1, -0.05) is 12.1 Å². The van der Waals surface area contributed by atoms with E-state index in [1.54, 1.807) is 35.2 Å². The lowest BCUT2D eigenvalue weighted by atomic mass is 10.2. The summed E-state index contributed by atoms with van der Waals surface area (Å²) in [4.78, 5) is 13.6. The predicted molar refractivity (Wildman–Crippen MR) is 69.0 cm³/mol. The fourth-order valence-corrected chi connectivity index (χ4v) is 2.16. The summed E-state index contributed by atoms with van der Waals surface area (Å²) in [6, 6.07) is 6.61. The molecule has 1 aromatic carbocycles. The Bertz CT molecular complexity index is 439. The van der Waals surface area contributed by atoms with Crippen LogP contribution >= 0.6 is 0 Å². The molecule has 4 heteroatoms. The van der Waals surface area contributed by atoms with E-state index in [0.717, 1.165) is 18.4 Å². The first-order valence-corrected chi connectivity index (χ1v) is 6.09. The Kier molecular flexibility index (Phi) is 3.99. The maximum Gasteiger partial charge on any atom is 0.246 e. The minimum absolute atomic E-state index is 0.0266. The molecule has 0 spiro atoms. The molecule has 1 saturated heterocycles. The first-order chi connectivity index (χ1) is 8.70. The number of benzene rings is 1. The van der Waals surface area contributed by atoms with Crippen LogP contribution in [0, 0.1) is 0 Å². The van der Waals surface area contributed by atoms with Crippen molar-refractivity contribution in [1.29, 1.82) is 0 Å². The van der Waals surface area contributed by atoms with Crippen LogP contribution in [-0.4, -0.2) is 40.2 Å². The molecule has 1 heterocycles. The molecule has 2 rings (SSSR count). The molecule has 0 aliphatic carbocycles. The third kappa shape index (κ3) is 2.90. The molecule has 1 aromatic rings. The largest absolute Gasteiger partial charge is 0.508 e. The number of nitrogens with zero attached hydrogens (tertiary/aromatic N) is 1. The number of hydrogen-bond acceptors (Lipinski definition) is 3. The Morgan fingerprint density at radius 1 is 1.39 bits per heavy atom. The summed E-state index contributed by atoms with van der Waals surface area (Å²) in [6.45, 7) is 0.739. The molecule has 0 saturated carbocycles. The fraction of sp³-hybridized carbons (Fsp3) is 0.357. The zero-order chi connectivity index (χ0) is 13.0. The molecule has 96 valence electrons. The zero-order valence-corrected chi connectivity index (χ0v) is 10.1. The van der Waals surface area contributed by atoms with E-state index in [-0.39, 0.29) is 24.3 Å². The van der Waals surface area contributed by atoms with Crippen molar-refractivity contribution in [3.63, 3.8) is 0 Å². The van der Waals surface area contributed by atoms with E-state index in [0.29, 0.717) is 6.54 Å². The van der Waals surface area contributed by atoms with Gasteiger partial charge in [0.15, 0.2) is 0 Å². The van der Waals surface area contributed by atoms with Crippen molar-refractivity contribution in [2.24, 2.45) is 0 Å². The Balaban J connectivity index is 2.00. The molecule has 1 amide bonds. The quantitative estimate of drug-likeness (QED) is 0.793. The normalized spacial score (nSPS) is 19.6. The minimum Gasteiger partial charge on any atom is -0.508 e. The van der Waals surface area contributed by atoms with Crippen molar-refractivity contribution >= 4 is 12.0 Å². The summed E-state index contributed by atoms with van der Waals surface area (Å²) in [5, 5.41) is 18.3. The third-order valence-corrected chi connectivity index (χ3v) is 3.18. The summed E-state index contributed by atoms with van der Waals surface area (Å²) in [7, 11) is 0. The zero-order valence-electron chi connectivity index (χ0n) is 10.1. The van der Waals surface area contributed by atoms with Crippen LogP contribution in [0.5, 0.6) is 5.75 Å². The molecule has 2 N–H and O–H groups in total. The van der Waals surface area contributed by atoms with E-state index in [9.17, 15) is 4.79 Å². The standard InChI is InChI=1S/C14H17NO3/c16-10-12-2-1-9-15(12)14(18)8-5-11-3-6-13(17)7-4-11/h3-8,12,16-17H,1-2,9-10H2/t12-/m1/s1. The van der Waals surface area contributed by atoms with Crippen LogP contribution < -0.4 is 0 Å². The lowest BCUT2D eigenvalue weighted by Crippen LogP contribution is -2.36. The van der Waals surface area contributed by atoms with Crippen LogP contribution in [0.3, 0.4) is 0 Å². The molecule has 1 aliphatic rings. The Morgan fingerprint density at radius 3 is 2.78 bits per heavy atom. The van der Waals surface area contributed by atoms with Gasteiger partial charge in [-0.2, -0.15) is 0 Å². The highest BCUT2D eigenvalue weighted by Crippen LogP contribution is 2.17. The number of phenolic OH excluding ortho intramolecular Hbond substituents is 1. The van der Waals surface area contributed by atoms with E-state index in [2.05, 4.69) is 0 Å². The van der Waals surface area contributed by atoms with Crippen molar-refractivity contribution in [3.05, 3.63) is 35.9 Å². The van der Waals surface area contributed by atoms with E-state index in [1.165, 1.54) is 6.08 Å². The molecule has 0 radical (unpaired) electrons. The second-order valence-electron chi connectivity index (χ2n) is 4.44. The van der Waals surface area contributed by atoms with Gasteiger partial charge in [-0.05, 0) is 36.6 Å². The number of likely N-dealkylation sites (tertiary alicyclic amines) is 1. The monoisotopic (exact) mass is 247 g/mol. The first kappa shape index (κ1) is 12.6. The first-order valence-electron chi connectivity index (χ1n) is 6.09. The number of amides is 1. The van der Waals surface area contributed by atoms with Crippen LogP contribution in [0.1, 0.15) is 18.4 Å². The summed E-state index contributed by atoms with van der Waals surface area (Å²) < 4.78 is 0. The van der Waals surface area contributed by atoms with E-state index >= 15 is 0 Å². The molecular weight excluding hydrogens is 230 g/mol. The molecule has 0 unspecified atom stereocenters. The highest BCUT2D eigenvalue weighted by Gasteiger charge is 2.26. The molecule has 1 atom stereocenters. The third-order valence-electron chi connectivity index (χ3n) is 3.18. The minimum atomic E-state index is -0.0698. The summed E-state index contributed by atoms with van der Waals surface area (Å²) >= 11 is 0.